The molecule has 0 radical (unpaired) electrons. The number of halogens is 1. The molecular weight excluding hydrogens is 346 g/mol. The van der Waals surface area contributed by atoms with Gasteiger partial charge in [0.25, 0.3) is 0 Å². The number of hydrogen-bond donors (Lipinski definition) is 1. The number of nitrogens with zero attached hydrogens (tertiary/aromatic N) is 1. The number of carbonyl (C=O) groups excluding carboxylic acids is 1. The van der Waals surface area contributed by atoms with Crippen molar-refractivity contribution in [2.45, 2.75) is 44.7 Å². The van der Waals surface area contributed by atoms with E-state index in [1.807, 2.05) is 35.4 Å². The van der Waals surface area contributed by atoms with Crippen LogP contribution in [0.1, 0.15) is 44.2 Å². The highest BCUT2D eigenvalue weighted by atomic mass is 35.5. The number of carbonyl (C=O) groups is 2. The highest BCUT2D eigenvalue weighted by Gasteiger charge is 2.39. The molecule has 0 spiro atoms. The van der Waals surface area contributed by atoms with Crippen molar-refractivity contribution in [3.8, 4) is 0 Å². The third-order valence-electron chi connectivity index (χ3n) is 4.63. The van der Waals surface area contributed by atoms with Crippen LogP contribution in [0, 0.1) is 5.92 Å². The Hall–Kier alpha value is -1.20. The molecule has 1 aliphatic rings. The molecule has 1 N–H and O–H groups in total. The van der Waals surface area contributed by atoms with Crippen LogP contribution in [0.4, 0.5) is 0 Å². The van der Waals surface area contributed by atoms with Gasteiger partial charge in [0.05, 0.1) is 12.5 Å². The lowest BCUT2D eigenvalue weighted by molar-refractivity contribution is -0.150. The molecule has 0 bridgehead atoms. The Bertz CT molecular complexity index is 578. The molecule has 1 saturated heterocycles. The molecule has 1 aromatic rings. The molecule has 1 amide bonds. The van der Waals surface area contributed by atoms with E-state index in [1.54, 1.807) is 11.8 Å². The number of thioether (sulfide) groups is 1. The zero-order chi connectivity index (χ0) is 17.7. The molecule has 1 aromatic carbocycles. The van der Waals surface area contributed by atoms with Crippen molar-refractivity contribution in [2.24, 2.45) is 5.92 Å². The number of likely N-dealkylation sites (tertiary alicyclic amines) is 1. The predicted octanol–water partition coefficient (Wildman–Crippen LogP) is 4.24. The molecule has 1 aliphatic heterocycles. The molecule has 1 heterocycles. The molecule has 0 saturated carbocycles. The maximum absolute atomic E-state index is 13.0. The second kappa shape index (κ2) is 8.77. The van der Waals surface area contributed by atoms with Gasteiger partial charge in [-0.15, -0.1) is 0 Å². The summed E-state index contributed by atoms with van der Waals surface area (Å²) >= 11 is 7.70. The van der Waals surface area contributed by atoms with E-state index in [-0.39, 0.29) is 24.4 Å². The standard InChI is InChI=1S/C18H24ClNO3S/c1-3-15(11-24-2)20-16(12-4-7-14(19)8-5-12)9-6-13(18(20)23)10-17(21)22/h4-5,7-8,13,15-16H,3,6,9-11H2,1-2H3,(H,21,22). The van der Waals surface area contributed by atoms with Gasteiger partial charge in [-0.3, -0.25) is 9.59 Å². The normalized spacial score (nSPS) is 22.5. The summed E-state index contributed by atoms with van der Waals surface area (Å²) in [5.41, 5.74) is 1.07. The highest BCUT2D eigenvalue weighted by molar-refractivity contribution is 7.98. The van der Waals surface area contributed by atoms with E-state index in [2.05, 4.69) is 6.92 Å². The predicted molar refractivity (Wildman–Crippen MR) is 98.5 cm³/mol. The van der Waals surface area contributed by atoms with E-state index in [9.17, 15) is 9.59 Å². The van der Waals surface area contributed by atoms with Crippen LogP contribution >= 0.6 is 23.4 Å². The van der Waals surface area contributed by atoms with Gasteiger partial charge in [-0.05, 0) is 43.2 Å². The second-order valence-electron chi connectivity index (χ2n) is 6.20. The summed E-state index contributed by atoms with van der Waals surface area (Å²) in [6.45, 7) is 2.08. The van der Waals surface area contributed by atoms with E-state index in [0.29, 0.717) is 11.4 Å². The second-order valence-corrected chi connectivity index (χ2v) is 7.55. The minimum atomic E-state index is -0.906. The molecule has 3 unspecified atom stereocenters. The van der Waals surface area contributed by atoms with E-state index < -0.39 is 11.9 Å². The van der Waals surface area contributed by atoms with E-state index in [4.69, 9.17) is 16.7 Å². The molecular formula is C18H24ClNO3S. The molecule has 3 atom stereocenters. The number of rotatable bonds is 7. The molecule has 2 rings (SSSR count). The third kappa shape index (κ3) is 4.45. The van der Waals surface area contributed by atoms with Gasteiger partial charge in [0, 0.05) is 22.7 Å². The van der Waals surface area contributed by atoms with Crippen molar-refractivity contribution < 1.29 is 14.7 Å². The monoisotopic (exact) mass is 369 g/mol. The fraction of sp³-hybridized carbons (Fsp3) is 0.556. The lowest BCUT2D eigenvalue weighted by Crippen LogP contribution is -2.50. The zero-order valence-electron chi connectivity index (χ0n) is 14.1. The summed E-state index contributed by atoms with van der Waals surface area (Å²) in [6, 6.07) is 7.74. The summed E-state index contributed by atoms with van der Waals surface area (Å²) in [6.07, 6.45) is 4.21. The van der Waals surface area contributed by atoms with Gasteiger partial charge in [-0.25, -0.2) is 0 Å². The Kier molecular flexibility index (Phi) is 6.99. The van der Waals surface area contributed by atoms with Gasteiger partial charge in [0.2, 0.25) is 5.91 Å². The number of benzene rings is 1. The topological polar surface area (TPSA) is 57.6 Å². The SMILES string of the molecule is CCC(CSC)N1C(=O)C(CC(=O)O)CCC1c1ccc(Cl)cc1. The van der Waals surface area contributed by atoms with Crippen LogP contribution in [0.2, 0.25) is 5.02 Å². The molecule has 1 fully saturated rings. The molecule has 0 aliphatic carbocycles. The molecule has 132 valence electrons. The van der Waals surface area contributed by atoms with Crippen molar-refractivity contribution in [3.05, 3.63) is 34.9 Å². The van der Waals surface area contributed by atoms with Gasteiger partial charge in [0.15, 0.2) is 0 Å². The summed E-state index contributed by atoms with van der Waals surface area (Å²) in [7, 11) is 0. The van der Waals surface area contributed by atoms with Crippen LogP contribution in [-0.4, -0.2) is 39.9 Å². The Morgan fingerprint density at radius 1 is 1.38 bits per heavy atom. The van der Waals surface area contributed by atoms with Crippen molar-refractivity contribution in [1.82, 2.24) is 4.90 Å². The zero-order valence-corrected chi connectivity index (χ0v) is 15.6. The number of aliphatic carboxylic acids is 1. The van der Waals surface area contributed by atoms with Gasteiger partial charge in [0.1, 0.15) is 0 Å². The quantitative estimate of drug-likeness (QED) is 0.781. The summed E-state index contributed by atoms with van der Waals surface area (Å²) in [5.74, 6) is -0.492. The average Bonchev–Trinajstić information content (AvgIpc) is 2.55. The highest BCUT2D eigenvalue weighted by Crippen LogP contribution is 2.38. The van der Waals surface area contributed by atoms with E-state index >= 15 is 0 Å². The lowest BCUT2D eigenvalue weighted by Gasteiger charge is -2.44. The number of carboxylic acids is 1. The van der Waals surface area contributed by atoms with Crippen molar-refractivity contribution in [3.63, 3.8) is 0 Å². The first kappa shape index (κ1) is 19.1. The van der Waals surface area contributed by atoms with Gasteiger partial charge in [-0.2, -0.15) is 11.8 Å². The lowest BCUT2D eigenvalue weighted by atomic mass is 9.85. The third-order valence-corrected chi connectivity index (χ3v) is 5.60. The van der Waals surface area contributed by atoms with Crippen LogP contribution in [0.15, 0.2) is 24.3 Å². The number of amides is 1. The first-order valence-electron chi connectivity index (χ1n) is 8.26. The molecule has 4 nitrogen and oxygen atoms in total. The molecule has 0 aromatic heterocycles. The maximum Gasteiger partial charge on any atom is 0.304 e. The number of carboxylic acid groups (broad SMARTS) is 1. The van der Waals surface area contributed by atoms with Crippen molar-refractivity contribution in [2.75, 3.05) is 12.0 Å². The first-order valence-corrected chi connectivity index (χ1v) is 10.0. The minimum absolute atomic E-state index is 0.00286. The van der Waals surface area contributed by atoms with Crippen LogP contribution in [0.3, 0.4) is 0 Å². The minimum Gasteiger partial charge on any atom is -0.481 e. The van der Waals surface area contributed by atoms with Gasteiger partial charge < -0.3 is 10.0 Å². The van der Waals surface area contributed by atoms with E-state index in [1.165, 1.54) is 0 Å². The number of hydrogen-bond acceptors (Lipinski definition) is 3. The van der Waals surface area contributed by atoms with Crippen LogP contribution in [0.25, 0.3) is 0 Å². The smallest absolute Gasteiger partial charge is 0.304 e. The van der Waals surface area contributed by atoms with Crippen molar-refractivity contribution >= 4 is 35.2 Å². The van der Waals surface area contributed by atoms with E-state index in [0.717, 1.165) is 24.2 Å². The summed E-state index contributed by atoms with van der Waals surface area (Å²) < 4.78 is 0. The Labute approximate surface area is 152 Å². The maximum atomic E-state index is 13.0. The number of piperidine rings is 1. The molecule has 24 heavy (non-hydrogen) atoms. The Balaban J connectivity index is 2.32. The van der Waals surface area contributed by atoms with Gasteiger partial charge in [-0.1, -0.05) is 30.7 Å². The average molecular weight is 370 g/mol. The van der Waals surface area contributed by atoms with Crippen LogP contribution < -0.4 is 0 Å². The first-order chi connectivity index (χ1) is 11.5. The molecule has 6 heteroatoms. The van der Waals surface area contributed by atoms with Crippen LogP contribution in [-0.2, 0) is 9.59 Å². The fourth-order valence-electron chi connectivity index (χ4n) is 3.42. The fourth-order valence-corrected chi connectivity index (χ4v) is 4.33. The summed E-state index contributed by atoms with van der Waals surface area (Å²) in [4.78, 5) is 26.0. The largest absolute Gasteiger partial charge is 0.481 e. The van der Waals surface area contributed by atoms with Crippen molar-refractivity contribution in [1.29, 1.82) is 0 Å². The van der Waals surface area contributed by atoms with Gasteiger partial charge >= 0.3 is 5.97 Å². The van der Waals surface area contributed by atoms with Crippen LogP contribution in [0.5, 0.6) is 0 Å². The summed E-state index contributed by atoms with van der Waals surface area (Å²) in [5, 5.41) is 9.77. The Morgan fingerprint density at radius 3 is 2.58 bits per heavy atom. The Morgan fingerprint density at radius 2 is 2.04 bits per heavy atom.